The molecule has 140 valence electrons. The van der Waals surface area contributed by atoms with Gasteiger partial charge in [0, 0.05) is 10.9 Å². The van der Waals surface area contributed by atoms with Crippen molar-refractivity contribution in [3.8, 4) is 0 Å². The summed E-state index contributed by atoms with van der Waals surface area (Å²) in [7, 11) is 0. The minimum Gasteiger partial charge on any atom is -0.466 e. The second-order valence-electron chi connectivity index (χ2n) is 5.13. The van der Waals surface area contributed by atoms with Crippen molar-refractivity contribution in [2.45, 2.75) is 26.4 Å². The van der Waals surface area contributed by atoms with E-state index in [0.29, 0.717) is 10.8 Å². The van der Waals surface area contributed by atoms with Crippen molar-refractivity contribution < 1.29 is 27.1 Å². The van der Waals surface area contributed by atoms with Crippen molar-refractivity contribution in [3.05, 3.63) is 45.7 Å². The summed E-state index contributed by atoms with van der Waals surface area (Å²) in [5, 5.41) is 5.63. The number of aromatic nitrogens is 1. The molecule has 0 saturated heterocycles. The summed E-state index contributed by atoms with van der Waals surface area (Å²) in [4.78, 5) is 15.4. The zero-order valence-corrected chi connectivity index (χ0v) is 14.7. The van der Waals surface area contributed by atoms with E-state index in [4.69, 9.17) is 4.74 Å². The van der Waals surface area contributed by atoms with Crippen LogP contribution in [0, 0.1) is 12.7 Å². The van der Waals surface area contributed by atoms with E-state index in [2.05, 4.69) is 15.5 Å². The van der Waals surface area contributed by atoms with Gasteiger partial charge in [-0.1, -0.05) is 0 Å². The number of ether oxygens (including phenoxy) is 1. The number of thiazole rings is 1. The van der Waals surface area contributed by atoms with Crippen LogP contribution >= 0.6 is 11.3 Å². The van der Waals surface area contributed by atoms with Crippen LogP contribution in [0.1, 0.15) is 29.3 Å². The number of nitrogens with zero attached hydrogens (tertiary/aromatic N) is 2. The molecule has 0 aliphatic carbocycles. The molecule has 0 amide bonds. The largest absolute Gasteiger partial charge is 0.466 e. The average molecular weight is 389 g/mol. The minimum atomic E-state index is -4.71. The summed E-state index contributed by atoms with van der Waals surface area (Å²) in [5.41, 5.74) is 1.11. The summed E-state index contributed by atoms with van der Waals surface area (Å²) in [6, 6.07) is 1.96. The van der Waals surface area contributed by atoms with Crippen molar-refractivity contribution in [2.75, 3.05) is 12.0 Å². The highest BCUT2D eigenvalue weighted by Crippen LogP contribution is 2.35. The molecule has 0 aliphatic heterocycles. The molecule has 2 rings (SSSR count). The van der Waals surface area contributed by atoms with Crippen LogP contribution in [0.5, 0.6) is 0 Å². The fourth-order valence-electron chi connectivity index (χ4n) is 2.15. The maximum Gasteiger partial charge on any atom is 0.417 e. The van der Waals surface area contributed by atoms with Crippen LogP contribution in [-0.2, 0) is 22.1 Å². The number of nitrogens with one attached hydrogen (secondary N) is 1. The Bertz CT molecular complexity index is 818. The fourth-order valence-corrected chi connectivity index (χ4v) is 2.81. The Morgan fingerprint density at radius 1 is 1.42 bits per heavy atom. The Morgan fingerprint density at radius 2 is 2.15 bits per heavy atom. The summed E-state index contributed by atoms with van der Waals surface area (Å²) in [6.07, 6.45) is -3.77. The molecule has 26 heavy (non-hydrogen) atoms. The predicted molar refractivity (Wildman–Crippen MR) is 89.8 cm³/mol. The van der Waals surface area contributed by atoms with Crippen molar-refractivity contribution in [3.63, 3.8) is 0 Å². The standard InChI is InChI=1S/C16H15F4N3O2S/c1-3-25-13(24)6-11-8-26-15(22-11)23-21-7-10-4-5-12(17)9(2)14(10)16(18,19)20/h4-5,7-8H,3,6H2,1-2H3,(H,22,23). The summed E-state index contributed by atoms with van der Waals surface area (Å²) < 4.78 is 57.6. The van der Waals surface area contributed by atoms with Crippen molar-refractivity contribution >= 4 is 28.7 Å². The number of rotatable bonds is 6. The third-order valence-electron chi connectivity index (χ3n) is 3.26. The van der Waals surface area contributed by atoms with Gasteiger partial charge in [0.15, 0.2) is 0 Å². The summed E-state index contributed by atoms with van der Waals surface area (Å²) in [6.45, 7) is 3.01. The van der Waals surface area contributed by atoms with Gasteiger partial charge < -0.3 is 4.74 Å². The Labute approximate surface area is 150 Å². The predicted octanol–water partition coefficient (Wildman–Crippen LogP) is 4.16. The monoisotopic (exact) mass is 389 g/mol. The van der Waals surface area contributed by atoms with Crippen LogP contribution in [0.2, 0.25) is 0 Å². The van der Waals surface area contributed by atoms with E-state index in [1.807, 2.05) is 0 Å². The van der Waals surface area contributed by atoms with Crippen molar-refractivity contribution in [1.82, 2.24) is 4.98 Å². The Morgan fingerprint density at radius 3 is 2.81 bits per heavy atom. The van der Waals surface area contributed by atoms with Crippen LogP contribution in [0.15, 0.2) is 22.6 Å². The molecule has 0 unspecified atom stereocenters. The SMILES string of the molecule is CCOC(=O)Cc1csc(NN=Cc2ccc(F)c(C)c2C(F)(F)F)n1. The molecule has 10 heteroatoms. The molecule has 1 heterocycles. The number of carbonyl (C=O) groups excluding carboxylic acids is 1. The van der Waals surface area contributed by atoms with E-state index in [1.54, 1.807) is 12.3 Å². The average Bonchev–Trinajstić information content (AvgIpc) is 2.97. The highest BCUT2D eigenvalue weighted by molar-refractivity contribution is 7.13. The highest BCUT2D eigenvalue weighted by atomic mass is 32.1. The molecule has 5 nitrogen and oxygen atoms in total. The summed E-state index contributed by atoms with van der Waals surface area (Å²) >= 11 is 1.13. The smallest absolute Gasteiger partial charge is 0.417 e. The second kappa shape index (κ2) is 8.26. The van der Waals surface area contributed by atoms with Gasteiger partial charge in [-0.2, -0.15) is 18.3 Å². The lowest BCUT2D eigenvalue weighted by Crippen LogP contribution is -2.13. The van der Waals surface area contributed by atoms with Crippen LogP contribution < -0.4 is 5.43 Å². The van der Waals surface area contributed by atoms with Gasteiger partial charge in [0.05, 0.1) is 30.5 Å². The molecule has 0 radical (unpaired) electrons. The van der Waals surface area contributed by atoms with Crippen molar-refractivity contribution in [1.29, 1.82) is 0 Å². The first-order valence-electron chi connectivity index (χ1n) is 7.47. The van der Waals surface area contributed by atoms with Gasteiger partial charge in [-0.25, -0.2) is 9.37 Å². The third-order valence-corrected chi connectivity index (χ3v) is 4.06. The van der Waals surface area contributed by atoms with Gasteiger partial charge in [-0.3, -0.25) is 10.2 Å². The van der Waals surface area contributed by atoms with E-state index in [9.17, 15) is 22.4 Å². The van der Waals surface area contributed by atoms with Crippen LogP contribution in [-0.4, -0.2) is 23.8 Å². The van der Waals surface area contributed by atoms with E-state index in [1.165, 1.54) is 0 Å². The van der Waals surface area contributed by atoms with Gasteiger partial charge in [0.25, 0.3) is 0 Å². The van der Waals surface area contributed by atoms with Gasteiger partial charge >= 0.3 is 12.1 Å². The quantitative estimate of drug-likeness (QED) is 0.349. The summed E-state index contributed by atoms with van der Waals surface area (Å²) in [5.74, 6) is -1.37. The molecule has 1 aromatic heterocycles. The molecular formula is C16H15F4N3O2S. The Hall–Kier alpha value is -2.49. The zero-order valence-electron chi connectivity index (χ0n) is 13.9. The van der Waals surface area contributed by atoms with E-state index in [0.717, 1.165) is 36.6 Å². The zero-order chi connectivity index (χ0) is 19.3. The van der Waals surface area contributed by atoms with Crippen molar-refractivity contribution in [2.24, 2.45) is 5.10 Å². The first-order chi connectivity index (χ1) is 12.2. The molecular weight excluding hydrogens is 374 g/mol. The lowest BCUT2D eigenvalue weighted by Gasteiger charge is -2.13. The third kappa shape index (κ3) is 5.01. The number of anilines is 1. The molecule has 0 saturated carbocycles. The van der Waals surface area contributed by atoms with Crippen LogP contribution in [0.25, 0.3) is 0 Å². The first kappa shape index (κ1) is 19.8. The van der Waals surface area contributed by atoms with Gasteiger partial charge in [-0.15, -0.1) is 11.3 Å². The second-order valence-corrected chi connectivity index (χ2v) is 5.99. The highest BCUT2D eigenvalue weighted by Gasteiger charge is 2.35. The normalized spacial score (nSPS) is 11.8. The lowest BCUT2D eigenvalue weighted by atomic mass is 10.0. The fraction of sp³-hybridized carbons (Fsp3) is 0.312. The Balaban J connectivity index is 2.11. The molecule has 0 spiro atoms. The number of esters is 1. The minimum absolute atomic E-state index is 0.00882. The van der Waals surface area contributed by atoms with E-state index >= 15 is 0 Å². The number of benzene rings is 1. The topological polar surface area (TPSA) is 63.6 Å². The molecule has 0 atom stereocenters. The van der Waals surface area contributed by atoms with Crippen LogP contribution in [0.3, 0.4) is 0 Å². The number of halogens is 4. The van der Waals surface area contributed by atoms with Crippen LogP contribution in [0.4, 0.5) is 22.7 Å². The number of carbonyl (C=O) groups is 1. The maximum absolute atomic E-state index is 13.4. The van der Waals surface area contributed by atoms with Gasteiger partial charge in [0.2, 0.25) is 5.13 Å². The van der Waals surface area contributed by atoms with Gasteiger partial charge in [0.1, 0.15) is 5.82 Å². The van der Waals surface area contributed by atoms with E-state index in [-0.39, 0.29) is 18.6 Å². The van der Waals surface area contributed by atoms with Gasteiger partial charge in [-0.05, 0) is 31.5 Å². The number of alkyl halides is 3. The maximum atomic E-state index is 13.4. The first-order valence-corrected chi connectivity index (χ1v) is 8.35. The molecule has 0 aliphatic rings. The molecule has 0 fully saturated rings. The molecule has 2 aromatic rings. The number of hydrogen-bond acceptors (Lipinski definition) is 6. The molecule has 0 bridgehead atoms. The molecule has 1 N–H and O–H groups in total. The number of hydrogen-bond donors (Lipinski definition) is 1. The Kier molecular flexibility index (Phi) is 6.30. The number of hydrazone groups is 1. The lowest BCUT2D eigenvalue weighted by molar-refractivity contribution is -0.142. The molecule has 1 aromatic carbocycles. The van der Waals surface area contributed by atoms with E-state index < -0.39 is 29.1 Å².